The predicted octanol–water partition coefficient (Wildman–Crippen LogP) is 19.6. The van der Waals surface area contributed by atoms with Crippen LogP contribution >= 0.6 is 0 Å². The Bertz CT molecular complexity index is 5860. The topological polar surface area (TPSA) is 34.8 Å². The summed E-state index contributed by atoms with van der Waals surface area (Å²) in [4.78, 5) is 5.34. The van der Waals surface area contributed by atoms with Gasteiger partial charge in [-0.3, -0.25) is 13.4 Å². The molecule has 0 aliphatic heterocycles. The molecule has 5 heterocycles. The summed E-state index contributed by atoms with van der Waals surface area (Å²) in [6.45, 7) is 6.74. The van der Waals surface area contributed by atoms with E-state index >= 15 is 0 Å². The molecule has 11 aromatic carbocycles. The smallest absolute Gasteiger partial charge is 0.269 e. The highest BCUT2D eigenvalue weighted by Crippen LogP contribution is 2.43. The van der Waals surface area contributed by atoms with Gasteiger partial charge in [-0.25, -0.2) is 4.98 Å². The molecule has 0 aliphatic rings. The normalized spacial score (nSPS) is 13.9. The van der Waals surface area contributed by atoms with E-state index in [0.29, 0.717) is 28.0 Å². The zero-order chi connectivity index (χ0) is 62.6. The van der Waals surface area contributed by atoms with E-state index in [9.17, 15) is 5.48 Å². The molecule has 0 unspecified atom stereocenters. The van der Waals surface area contributed by atoms with Crippen molar-refractivity contribution in [2.75, 3.05) is 0 Å². The molecule has 0 aliphatic carbocycles. The van der Waals surface area contributed by atoms with Crippen molar-refractivity contribution in [3.05, 3.63) is 273 Å². The molecule has 5 aromatic heterocycles. The van der Waals surface area contributed by atoms with E-state index < -0.39 is 60.4 Å². The van der Waals surface area contributed by atoms with Crippen LogP contribution in [0.25, 0.3) is 137 Å². The highest BCUT2D eigenvalue weighted by Gasteiger charge is 2.24. The molecule has 0 saturated carbocycles. The van der Waals surface area contributed by atoms with Gasteiger partial charge in [0, 0.05) is 33.8 Å². The van der Waals surface area contributed by atoms with E-state index in [1.165, 1.54) is 0 Å². The molecule has 0 radical (unpaired) electrons. The third-order valence-corrected chi connectivity index (χ3v) is 16.1. The number of pyridine rings is 1. The minimum Gasteiger partial charge on any atom is -0.458 e. The molecule has 0 fully saturated rings. The number of para-hydroxylation sites is 3. The lowest BCUT2D eigenvalue weighted by atomic mass is 9.84. The van der Waals surface area contributed by atoms with Gasteiger partial charge in [0.25, 0.3) is 6.33 Å². The van der Waals surface area contributed by atoms with Crippen LogP contribution in [0.4, 0.5) is 0 Å². The molecule has 382 valence electrons. The average molecular weight is 1050 g/mol. The summed E-state index contributed by atoms with van der Waals surface area (Å²) in [6.07, 6.45) is 5.64. The highest BCUT2D eigenvalue weighted by molar-refractivity contribution is 6.26. The Balaban J connectivity index is 1.02. The van der Waals surface area contributed by atoms with Crippen molar-refractivity contribution in [1.29, 1.82) is 0 Å². The fourth-order valence-corrected chi connectivity index (χ4v) is 12.6. The first-order valence-corrected chi connectivity index (χ1v) is 27.0. The van der Waals surface area contributed by atoms with Crippen molar-refractivity contribution in [2.45, 2.75) is 26.2 Å². The maximum Gasteiger partial charge on any atom is 0.269 e. The Hall–Kier alpha value is -10.4. The van der Waals surface area contributed by atoms with Gasteiger partial charge in [-0.15, -0.1) is 0 Å². The zero-order valence-corrected chi connectivity index (χ0v) is 44.2. The Morgan fingerprint density at radius 2 is 0.889 bits per heavy atom. The van der Waals surface area contributed by atoms with Crippen LogP contribution in [0.15, 0.2) is 261 Å². The summed E-state index contributed by atoms with van der Waals surface area (Å²) < 4.78 is 103. The van der Waals surface area contributed by atoms with Crippen molar-refractivity contribution in [1.82, 2.24) is 13.8 Å². The molecule has 0 amide bonds. The van der Waals surface area contributed by atoms with Crippen molar-refractivity contribution < 1.29 is 23.0 Å². The van der Waals surface area contributed by atoms with Gasteiger partial charge in [-0.05, 0) is 117 Å². The van der Waals surface area contributed by atoms with Crippen LogP contribution in [0.2, 0.25) is 0 Å². The van der Waals surface area contributed by atoms with Crippen LogP contribution < -0.4 is 9.30 Å². The van der Waals surface area contributed by atoms with Gasteiger partial charge in [0.1, 0.15) is 17.1 Å². The number of ether oxygens (including phenoxy) is 1. The minimum absolute atomic E-state index is 0.143. The second-order valence-corrected chi connectivity index (χ2v) is 21.6. The average Bonchev–Trinajstić information content (AvgIpc) is 1.60. The Labute approximate surface area is 481 Å². The Morgan fingerprint density at radius 3 is 1.46 bits per heavy atom. The van der Waals surface area contributed by atoms with Crippen LogP contribution in [0, 0.1) is 6.33 Å². The third kappa shape index (κ3) is 7.25. The molecule has 5 nitrogen and oxygen atoms in total. The van der Waals surface area contributed by atoms with E-state index in [0.717, 1.165) is 97.7 Å². The lowest BCUT2D eigenvalue weighted by molar-refractivity contribution is -0.570. The summed E-state index contributed by atoms with van der Waals surface area (Å²) in [5.41, 5.74) is 5.62. The number of imidazole rings is 1. The van der Waals surface area contributed by atoms with E-state index in [4.69, 9.17) is 17.9 Å². The molecule has 0 atom stereocenters. The molecular weight excluding hydrogens is 985 g/mol. The van der Waals surface area contributed by atoms with Crippen molar-refractivity contribution >= 4 is 109 Å². The number of fused-ring (bicyclic) bond motifs is 17. The zero-order valence-electron chi connectivity index (χ0n) is 54.2. The van der Waals surface area contributed by atoms with Gasteiger partial charge >= 0.3 is 0 Å². The van der Waals surface area contributed by atoms with Gasteiger partial charge in [0.05, 0.1) is 47.0 Å². The largest absolute Gasteiger partial charge is 0.458 e. The lowest BCUT2D eigenvalue weighted by Gasteiger charge is -2.21. The predicted molar refractivity (Wildman–Crippen MR) is 338 cm³/mol. The number of aromatic nitrogens is 4. The van der Waals surface area contributed by atoms with Crippen molar-refractivity contribution in [3.63, 3.8) is 0 Å². The van der Waals surface area contributed by atoms with Crippen molar-refractivity contribution in [3.8, 4) is 39.4 Å². The lowest BCUT2D eigenvalue weighted by Crippen LogP contribution is -2.31. The first kappa shape index (κ1) is 37.5. The van der Waals surface area contributed by atoms with E-state index in [-0.39, 0.29) is 33.4 Å². The number of benzene rings is 11. The van der Waals surface area contributed by atoms with Crippen LogP contribution in [-0.4, -0.2) is 13.8 Å². The molecule has 81 heavy (non-hydrogen) atoms. The van der Waals surface area contributed by atoms with Crippen molar-refractivity contribution in [2.24, 2.45) is 0 Å². The fourth-order valence-electron chi connectivity index (χ4n) is 12.6. The van der Waals surface area contributed by atoms with Gasteiger partial charge < -0.3 is 4.74 Å². The molecule has 0 bridgehead atoms. The van der Waals surface area contributed by atoms with Crippen LogP contribution in [0.3, 0.4) is 0 Å². The van der Waals surface area contributed by atoms with E-state index in [1.54, 1.807) is 22.8 Å². The Kier molecular flexibility index (Phi) is 8.37. The maximum absolute atomic E-state index is 9.36. The van der Waals surface area contributed by atoms with Gasteiger partial charge in [0.2, 0.25) is 0 Å². The quantitative estimate of drug-likeness (QED) is 0.127. The summed E-state index contributed by atoms with van der Waals surface area (Å²) in [5.74, 6) is 1.05. The molecule has 0 spiro atoms. The standard InChI is InChI=1S/C76H52N4O/c1-76(2,3)67-43-44-77-75-71(67)63-32-17-16-29-58(63)56-27-12-14-30-59(56)64-35-19-36-66-62-42-40-51(46-70(62)80(75)73(64)66)81-50-39-41-61-57-28-13-10-25-54(57)55-26-11-15-31-60(55)65-37-20-38-68-74(65)79(69(61)45-50)47-78(68)72-52(48-21-6-4-7-22-48)33-18-34-53(72)49-23-8-5-9-24-49/h4-46H,1-3H3/i4D,5D,6D,7D,8D,9D,21D,22D,23D,24D. The van der Waals surface area contributed by atoms with Crippen LogP contribution in [0.5, 0.6) is 11.5 Å². The number of hydrogen-bond acceptors (Lipinski definition) is 2. The summed E-state index contributed by atoms with van der Waals surface area (Å²) in [7, 11) is 0. The monoisotopic (exact) mass is 1050 g/mol. The van der Waals surface area contributed by atoms with Gasteiger partial charge in [-0.2, -0.15) is 0 Å². The van der Waals surface area contributed by atoms with E-state index in [2.05, 4.69) is 141 Å². The first-order valence-electron chi connectivity index (χ1n) is 32.0. The summed E-state index contributed by atoms with van der Waals surface area (Å²) in [5, 5.41) is 14.0. The molecule has 0 N–H and O–H groups in total. The van der Waals surface area contributed by atoms with Gasteiger partial charge in [0.15, 0.2) is 0 Å². The van der Waals surface area contributed by atoms with Crippen LogP contribution in [0.1, 0.15) is 40.0 Å². The summed E-state index contributed by atoms with van der Waals surface area (Å²) >= 11 is 0. The molecule has 16 aromatic rings. The molecule has 16 rings (SSSR count). The fraction of sp³-hybridized carbons (Fsp3) is 0.0526. The first-order chi connectivity index (χ1) is 44.0. The maximum atomic E-state index is 9.36. The number of nitrogens with zero attached hydrogens (tertiary/aromatic N) is 4. The minimum atomic E-state index is -0.577. The number of hydrogen-bond donors (Lipinski definition) is 0. The third-order valence-electron chi connectivity index (χ3n) is 16.1. The van der Waals surface area contributed by atoms with Crippen LogP contribution in [-0.2, 0) is 5.41 Å². The summed E-state index contributed by atoms with van der Waals surface area (Å²) in [6, 6.07) is 60.0. The molecular formula is C76H52N4O. The number of rotatable bonds is 5. The highest BCUT2D eigenvalue weighted by atomic mass is 16.5. The second-order valence-electron chi connectivity index (χ2n) is 21.6. The molecule has 5 heteroatoms. The van der Waals surface area contributed by atoms with Gasteiger partial charge in [-0.1, -0.05) is 239 Å². The molecule has 0 saturated heterocycles. The SMILES string of the molecule is [2H]c1c([2H])c([2H])c(-c2cccc(-c3c([2H])c([2H])c([2H])c([2H])c3[2H])c2-[n+]2[c-]n3c4cc(Oc5ccc6c7cccc8c9ccccc9c9ccccc9c9c(C(C)(C)C)ccnc9n(c6c5)c87)ccc4c4ccccc4c4ccccc4c4cccc2c43)c([2H])c1[2H]. The second kappa shape index (κ2) is 18.1. The Morgan fingerprint density at radius 1 is 0.444 bits per heavy atom. The van der Waals surface area contributed by atoms with E-state index in [1.807, 2.05) is 77.3 Å².